The lowest BCUT2D eigenvalue weighted by atomic mass is 10.1. The van der Waals surface area contributed by atoms with Crippen LogP contribution in [0, 0.1) is 18.6 Å². The summed E-state index contributed by atoms with van der Waals surface area (Å²) in [6, 6.07) is 2.05. The number of aryl methyl sites for hydroxylation is 1. The Kier molecular flexibility index (Phi) is 4.28. The molecular weight excluding hydrogens is 252 g/mol. The number of halogens is 4. The standard InChI is InChI=1S/C11H12F4N2O/c1-6-2-3-7(12)8(9(6)13)10(18)17-5-11(14,15)4-16/h2-3H,4-5,16H2,1H3,(H,17,18). The van der Waals surface area contributed by atoms with Gasteiger partial charge in [-0.1, -0.05) is 6.07 Å². The van der Waals surface area contributed by atoms with Crippen LogP contribution in [0.15, 0.2) is 12.1 Å². The van der Waals surface area contributed by atoms with E-state index in [-0.39, 0.29) is 5.56 Å². The van der Waals surface area contributed by atoms with Crippen LogP contribution in [0.1, 0.15) is 15.9 Å². The third-order valence-corrected chi connectivity index (χ3v) is 2.32. The molecule has 0 bridgehead atoms. The molecule has 0 atom stereocenters. The van der Waals surface area contributed by atoms with Crippen LogP contribution in [0.3, 0.4) is 0 Å². The summed E-state index contributed by atoms with van der Waals surface area (Å²) in [6.07, 6.45) is 0. The van der Waals surface area contributed by atoms with Crippen LogP contribution in [0.2, 0.25) is 0 Å². The second-order valence-corrected chi connectivity index (χ2v) is 3.80. The number of nitrogens with one attached hydrogen (secondary N) is 1. The van der Waals surface area contributed by atoms with E-state index in [1.54, 1.807) is 5.32 Å². The van der Waals surface area contributed by atoms with Crippen molar-refractivity contribution in [2.24, 2.45) is 5.73 Å². The summed E-state index contributed by atoms with van der Waals surface area (Å²) in [6.45, 7) is -0.707. The van der Waals surface area contributed by atoms with Crippen molar-refractivity contribution in [1.82, 2.24) is 5.32 Å². The molecule has 1 aromatic carbocycles. The van der Waals surface area contributed by atoms with Gasteiger partial charge in [0.2, 0.25) is 0 Å². The summed E-state index contributed by atoms with van der Waals surface area (Å²) in [5.74, 6) is -6.72. The first kappa shape index (κ1) is 14.4. The van der Waals surface area contributed by atoms with Gasteiger partial charge in [0.25, 0.3) is 11.8 Å². The smallest absolute Gasteiger partial charge is 0.277 e. The highest BCUT2D eigenvalue weighted by Gasteiger charge is 2.28. The number of rotatable bonds is 4. The van der Waals surface area contributed by atoms with Crippen LogP contribution >= 0.6 is 0 Å². The molecule has 100 valence electrons. The molecule has 0 radical (unpaired) electrons. The van der Waals surface area contributed by atoms with E-state index in [2.05, 4.69) is 0 Å². The Morgan fingerprint density at radius 2 is 2.00 bits per heavy atom. The Bertz CT molecular complexity index is 463. The molecule has 7 heteroatoms. The van der Waals surface area contributed by atoms with Gasteiger partial charge in [-0.15, -0.1) is 0 Å². The number of benzene rings is 1. The molecule has 0 unspecified atom stereocenters. The Morgan fingerprint density at radius 3 is 2.56 bits per heavy atom. The average Bonchev–Trinajstić information content (AvgIpc) is 2.32. The lowest BCUT2D eigenvalue weighted by molar-refractivity contribution is 0.0117. The van der Waals surface area contributed by atoms with Crippen molar-refractivity contribution >= 4 is 5.91 Å². The van der Waals surface area contributed by atoms with E-state index in [1.165, 1.54) is 6.92 Å². The van der Waals surface area contributed by atoms with E-state index >= 15 is 0 Å². The predicted molar refractivity (Wildman–Crippen MR) is 57.4 cm³/mol. The first-order chi connectivity index (χ1) is 8.28. The zero-order valence-corrected chi connectivity index (χ0v) is 9.57. The molecule has 1 rings (SSSR count). The van der Waals surface area contributed by atoms with E-state index in [0.717, 1.165) is 12.1 Å². The van der Waals surface area contributed by atoms with Crippen LogP contribution < -0.4 is 11.1 Å². The minimum atomic E-state index is -3.31. The van der Waals surface area contributed by atoms with Crippen molar-refractivity contribution in [3.63, 3.8) is 0 Å². The summed E-state index contributed by atoms with van der Waals surface area (Å²) in [5, 5.41) is 1.75. The number of hydrogen-bond acceptors (Lipinski definition) is 2. The molecule has 3 N–H and O–H groups in total. The van der Waals surface area contributed by atoms with Crippen LogP contribution in [-0.4, -0.2) is 24.9 Å². The van der Waals surface area contributed by atoms with Crippen molar-refractivity contribution in [2.75, 3.05) is 13.1 Å². The van der Waals surface area contributed by atoms with E-state index in [0.29, 0.717) is 0 Å². The van der Waals surface area contributed by atoms with Gasteiger partial charge in [0.1, 0.15) is 17.2 Å². The molecule has 0 aliphatic rings. The van der Waals surface area contributed by atoms with Gasteiger partial charge in [0.05, 0.1) is 13.1 Å². The van der Waals surface area contributed by atoms with Crippen LogP contribution in [0.5, 0.6) is 0 Å². The van der Waals surface area contributed by atoms with Crippen LogP contribution in [0.25, 0.3) is 0 Å². The highest BCUT2D eigenvalue weighted by molar-refractivity contribution is 5.95. The number of nitrogens with two attached hydrogens (primary N) is 1. The predicted octanol–water partition coefficient (Wildman–Crippen LogP) is 1.60. The Hall–Kier alpha value is -1.63. The molecule has 18 heavy (non-hydrogen) atoms. The second kappa shape index (κ2) is 5.34. The van der Waals surface area contributed by atoms with Crippen LogP contribution in [0.4, 0.5) is 17.6 Å². The molecule has 0 aromatic heterocycles. The fraction of sp³-hybridized carbons (Fsp3) is 0.364. The minimum Gasteiger partial charge on any atom is -0.346 e. The molecule has 0 saturated heterocycles. The van der Waals surface area contributed by atoms with Crippen LogP contribution in [-0.2, 0) is 0 Å². The third-order valence-electron chi connectivity index (χ3n) is 2.32. The quantitative estimate of drug-likeness (QED) is 0.811. The molecule has 3 nitrogen and oxygen atoms in total. The number of hydrogen-bond donors (Lipinski definition) is 2. The number of carbonyl (C=O) groups is 1. The van der Waals surface area contributed by atoms with E-state index in [4.69, 9.17) is 5.73 Å². The fourth-order valence-corrected chi connectivity index (χ4v) is 1.23. The summed E-state index contributed by atoms with van der Waals surface area (Å²) in [7, 11) is 0. The van der Waals surface area contributed by atoms with Crippen molar-refractivity contribution in [3.05, 3.63) is 34.9 Å². The van der Waals surface area contributed by atoms with E-state index in [1.807, 2.05) is 0 Å². The highest BCUT2D eigenvalue weighted by atomic mass is 19.3. The largest absolute Gasteiger partial charge is 0.346 e. The van der Waals surface area contributed by atoms with Gasteiger partial charge in [-0.2, -0.15) is 0 Å². The maximum Gasteiger partial charge on any atom is 0.277 e. The molecule has 0 aliphatic heterocycles. The Balaban J connectivity index is 2.89. The number of alkyl halides is 2. The minimum absolute atomic E-state index is 0.0483. The van der Waals surface area contributed by atoms with Crippen molar-refractivity contribution < 1.29 is 22.4 Å². The van der Waals surface area contributed by atoms with Gasteiger partial charge in [0, 0.05) is 0 Å². The monoisotopic (exact) mass is 264 g/mol. The zero-order valence-electron chi connectivity index (χ0n) is 9.57. The molecule has 0 saturated carbocycles. The lowest BCUT2D eigenvalue weighted by Gasteiger charge is -2.15. The van der Waals surface area contributed by atoms with Gasteiger partial charge in [-0.3, -0.25) is 4.79 Å². The first-order valence-electron chi connectivity index (χ1n) is 5.09. The summed E-state index contributed by atoms with van der Waals surface area (Å²) in [4.78, 5) is 11.4. The van der Waals surface area contributed by atoms with Gasteiger partial charge < -0.3 is 11.1 Å². The number of amides is 1. The molecule has 0 spiro atoms. The topological polar surface area (TPSA) is 55.1 Å². The van der Waals surface area contributed by atoms with Crippen molar-refractivity contribution in [2.45, 2.75) is 12.8 Å². The fourth-order valence-electron chi connectivity index (χ4n) is 1.23. The number of carbonyl (C=O) groups excluding carboxylic acids is 1. The molecule has 0 heterocycles. The Labute approximate surface area is 101 Å². The molecule has 1 amide bonds. The summed E-state index contributed by atoms with van der Waals surface area (Å²) < 4.78 is 52.3. The maximum absolute atomic E-state index is 13.5. The molecule has 1 aromatic rings. The van der Waals surface area contributed by atoms with Crippen molar-refractivity contribution in [3.8, 4) is 0 Å². The summed E-state index contributed by atoms with van der Waals surface area (Å²) in [5.41, 5.74) is 3.94. The average molecular weight is 264 g/mol. The Morgan fingerprint density at radius 1 is 1.39 bits per heavy atom. The third kappa shape index (κ3) is 3.19. The first-order valence-corrected chi connectivity index (χ1v) is 5.09. The SMILES string of the molecule is Cc1ccc(F)c(C(=O)NCC(F)(F)CN)c1F. The van der Waals surface area contributed by atoms with Gasteiger partial charge in [-0.25, -0.2) is 17.6 Å². The maximum atomic E-state index is 13.5. The molecule has 0 aliphatic carbocycles. The van der Waals surface area contributed by atoms with Gasteiger partial charge >= 0.3 is 0 Å². The lowest BCUT2D eigenvalue weighted by Crippen LogP contribution is -2.42. The molecular formula is C11H12F4N2O. The van der Waals surface area contributed by atoms with Gasteiger partial charge in [0.15, 0.2) is 0 Å². The summed E-state index contributed by atoms with van der Waals surface area (Å²) >= 11 is 0. The van der Waals surface area contributed by atoms with Gasteiger partial charge in [-0.05, 0) is 18.6 Å². The molecule has 0 fully saturated rings. The second-order valence-electron chi connectivity index (χ2n) is 3.80. The van der Waals surface area contributed by atoms with E-state index in [9.17, 15) is 22.4 Å². The van der Waals surface area contributed by atoms with Crippen molar-refractivity contribution in [1.29, 1.82) is 0 Å². The highest BCUT2D eigenvalue weighted by Crippen LogP contribution is 2.17. The zero-order chi connectivity index (χ0) is 13.9. The van der Waals surface area contributed by atoms with E-state index < -0.39 is 42.1 Å². The normalized spacial score (nSPS) is 11.4.